The summed E-state index contributed by atoms with van der Waals surface area (Å²) in [6.45, 7) is 4.16. The van der Waals surface area contributed by atoms with Crippen molar-refractivity contribution in [1.82, 2.24) is 4.90 Å². The van der Waals surface area contributed by atoms with E-state index < -0.39 is 5.97 Å². The molecule has 3 rings (SSSR count). The Hall–Kier alpha value is -2.21. The van der Waals surface area contributed by atoms with Gasteiger partial charge in [-0.3, -0.25) is 4.90 Å². The third-order valence-corrected chi connectivity index (χ3v) is 4.63. The van der Waals surface area contributed by atoms with E-state index in [1.165, 1.54) is 6.08 Å². The second-order valence-electron chi connectivity index (χ2n) is 6.31. The van der Waals surface area contributed by atoms with E-state index in [0.29, 0.717) is 6.54 Å². The van der Waals surface area contributed by atoms with Crippen LogP contribution < -0.4 is 9.64 Å². The summed E-state index contributed by atoms with van der Waals surface area (Å²) >= 11 is 0. The summed E-state index contributed by atoms with van der Waals surface area (Å²) in [5.74, 6) is -0.0202. The van der Waals surface area contributed by atoms with E-state index in [1.807, 2.05) is 48.5 Å². The zero-order valence-corrected chi connectivity index (χ0v) is 17.4. The summed E-state index contributed by atoms with van der Waals surface area (Å²) in [4.78, 5) is 15.8. The van der Waals surface area contributed by atoms with E-state index in [-0.39, 0.29) is 24.8 Å². The van der Waals surface area contributed by atoms with E-state index in [1.54, 1.807) is 7.11 Å². The summed E-state index contributed by atoms with van der Waals surface area (Å²) < 4.78 is 5.46. The molecule has 0 aliphatic carbocycles. The minimum Gasteiger partial charge on any atom is -0.495 e. The van der Waals surface area contributed by atoms with Crippen molar-refractivity contribution in [1.29, 1.82) is 0 Å². The topological polar surface area (TPSA) is 53.0 Å². The Balaban J connectivity index is 0.00000196. The number of hydrogen-bond donors (Lipinski definition) is 1. The molecule has 2 aromatic carbocycles. The predicted octanol–water partition coefficient (Wildman–Crippen LogP) is 3.83. The van der Waals surface area contributed by atoms with Gasteiger partial charge in [0.05, 0.1) is 12.8 Å². The van der Waals surface area contributed by atoms with Gasteiger partial charge in [0.1, 0.15) is 5.75 Å². The number of benzene rings is 2. The molecule has 1 aliphatic heterocycles. The highest BCUT2D eigenvalue weighted by molar-refractivity contribution is 5.90. The average molecular weight is 425 g/mol. The molecule has 1 N–H and O–H groups in total. The number of halogens is 2. The van der Waals surface area contributed by atoms with Gasteiger partial charge in [0.2, 0.25) is 0 Å². The number of piperazine rings is 1. The monoisotopic (exact) mass is 424 g/mol. The van der Waals surface area contributed by atoms with Crippen molar-refractivity contribution in [3.63, 3.8) is 0 Å². The molecule has 1 fully saturated rings. The standard InChI is InChI=1S/C21H24N2O3.2ClH/c1-26-20-10-6-5-9-19(20)23-13-11-22(12-14-23)16-18(15-21(24)25)17-7-3-2-4-8-17;;/h2-10,15H,11-14,16H2,1H3,(H,24,25);2*1H/b18-15-;;. The number of ether oxygens (including phenoxy) is 1. The number of carbonyl (C=O) groups is 1. The number of nitrogens with zero attached hydrogens (tertiary/aromatic N) is 2. The largest absolute Gasteiger partial charge is 0.495 e. The van der Waals surface area contributed by atoms with Gasteiger partial charge < -0.3 is 14.7 Å². The highest BCUT2D eigenvalue weighted by atomic mass is 35.5. The summed E-state index contributed by atoms with van der Waals surface area (Å²) in [5.41, 5.74) is 2.91. The third kappa shape index (κ3) is 6.16. The van der Waals surface area contributed by atoms with Gasteiger partial charge in [-0.2, -0.15) is 0 Å². The lowest BCUT2D eigenvalue weighted by Gasteiger charge is -2.37. The Morgan fingerprint density at radius 2 is 1.61 bits per heavy atom. The highest BCUT2D eigenvalue weighted by Gasteiger charge is 2.20. The molecule has 152 valence electrons. The number of anilines is 1. The maximum atomic E-state index is 11.2. The van der Waals surface area contributed by atoms with Crippen LogP contribution in [0.1, 0.15) is 5.56 Å². The molecule has 0 unspecified atom stereocenters. The Morgan fingerprint density at radius 3 is 2.21 bits per heavy atom. The number of methoxy groups -OCH3 is 1. The molecule has 0 spiro atoms. The fraction of sp³-hybridized carbons (Fsp3) is 0.286. The SMILES string of the molecule is COc1ccccc1N1CCN(C/C(=C/C(=O)O)c2ccccc2)CC1.Cl.Cl. The number of carboxylic acid groups (broad SMARTS) is 1. The van der Waals surface area contributed by atoms with Gasteiger partial charge in [-0.25, -0.2) is 4.79 Å². The maximum absolute atomic E-state index is 11.2. The van der Waals surface area contributed by atoms with Crippen molar-refractivity contribution in [3.8, 4) is 5.75 Å². The van der Waals surface area contributed by atoms with Crippen LogP contribution in [0.15, 0.2) is 60.7 Å². The van der Waals surface area contributed by atoms with Gasteiger partial charge in [0.15, 0.2) is 0 Å². The van der Waals surface area contributed by atoms with Crippen molar-refractivity contribution in [2.75, 3.05) is 44.7 Å². The summed E-state index contributed by atoms with van der Waals surface area (Å²) in [6.07, 6.45) is 1.32. The van der Waals surface area contributed by atoms with Gasteiger partial charge >= 0.3 is 5.97 Å². The normalized spacial score (nSPS) is 14.6. The number of carboxylic acids is 1. The molecule has 0 atom stereocenters. The predicted molar refractivity (Wildman–Crippen MR) is 118 cm³/mol. The highest BCUT2D eigenvalue weighted by Crippen LogP contribution is 2.28. The minimum atomic E-state index is -0.906. The number of rotatable bonds is 6. The van der Waals surface area contributed by atoms with Crippen LogP contribution in [0, 0.1) is 0 Å². The quantitative estimate of drug-likeness (QED) is 0.713. The van der Waals surface area contributed by atoms with Crippen LogP contribution in [0.4, 0.5) is 5.69 Å². The third-order valence-electron chi connectivity index (χ3n) is 4.63. The molecular formula is C21H26Cl2N2O3. The lowest BCUT2D eigenvalue weighted by Crippen LogP contribution is -2.46. The van der Waals surface area contributed by atoms with Crippen LogP contribution in [-0.4, -0.2) is 55.8 Å². The van der Waals surface area contributed by atoms with E-state index in [9.17, 15) is 9.90 Å². The van der Waals surface area contributed by atoms with Crippen molar-refractivity contribution in [3.05, 3.63) is 66.2 Å². The Labute approximate surface area is 178 Å². The van der Waals surface area contributed by atoms with Crippen LogP contribution in [0.3, 0.4) is 0 Å². The van der Waals surface area contributed by atoms with Gasteiger partial charge in [-0.1, -0.05) is 42.5 Å². The number of hydrogen-bond acceptors (Lipinski definition) is 4. The first kappa shape index (κ1) is 23.8. The molecule has 7 heteroatoms. The van der Waals surface area contributed by atoms with Crippen LogP contribution in [0.5, 0.6) is 5.75 Å². The zero-order valence-electron chi connectivity index (χ0n) is 15.8. The molecule has 0 aromatic heterocycles. The molecule has 2 aromatic rings. The number of aliphatic carboxylic acids is 1. The summed E-state index contributed by atoms with van der Waals surface area (Å²) in [6, 6.07) is 17.8. The first-order chi connectivity index (χ1) is 12.7. The second-order valence-corrected chi connectivity index (χ2v) is 6.31. The zero-order chi connectivity index (χ0) is 18.4. The van der Waals surface area contributed by atoms with Crippen molar-refractivity contribution in [2.24, 2.45) is 0 Å². The van der Waals surface area contributed by atoms with Gasteiger partial charge in [-0.05, 0) is 23.3 Å². The van der Waals surface area contributed by atoms with Gasteiger partial charge in [0, 0.05) is 38.8 Å². The Kier molecular flexibility index (Phi) is 9.87. The van der Waals surface area contributed by atoms with E-state index >= 15 is 0 Å². The second kappa shape index (κ2) is 11.6. The van der Waals surface area contributed by atoms with Crippen molar-refractivity contribution < 1.29 is 14.6 Å². The smallest absolute Gasteiger partial charge is 0.328 e. The molecule has 5 nitrogen and oxygen atoms in total. The van der Waals surface area contributed by atoms with Crippen molar-refractivity contribution >= 4 is 42.0 Å². The van der Waals surface area contributed by atoms with Crippen LogP contribution in [0.25, 0.3) is 5.57 Å². The molecule has 1 heterocycles. The van der Waals surface area contributed by atoms with Crippen LogP contribution >= 0.6 is 24.8 Å². The molecule has 0 radical (unpaired) electrons. The molecule has 0 amide bonds. The first-order valence-corrected chi connectivity index (χ1v) is 8.76. The van der Waals surface area contributed by atoms with Gasteiger partial charge in [-0.15, -0.1) is 24.8 Å². The lowest BCUT2D eigenvalue weighted by atomic mass is 10.0. The molecule has 0 bridgehead atoms. The number of para-hydroxylation sites is 2. The lowest BCUT2D eigenvalue weighted by molar-refractivity contribution is -0.131. The minimum absolute atomic E-state index is 0. The van der Waals surface area contributed by atoms with Crippen molar-refractivity contribution in [2.45, 2.75) is 0 Å². The van der Waals surface area contributed by atoms with Crippen LogP contribution in [-0.2, 0) is 4.79 Å². The van der Waals surface area contributed by atoms with E-state index in [2.05, 4.69) is 15.9 Å². The van der Waals surface area contributed by atoms with E-state index in [0.717, 1.165) is 48.8 Å². The Morgan fingerprint density at radius 1 is 1.00 bits per heavy atom. The molecule has 1 saturated heterocycles. The fourth-order valence-electron chi connectivity index (χ4n) is 3.30. The summed E-state index contributed by atoms with van der Waals surface area (Å²) in [7, 11) is 1.69. The maximum Gasteiger partial charge on any atom is 0.328 e. The average Bonchev–Trinajstić information content (AvgIpc) is 2.68. The first-order valence-electron chi connectivity index (χ1n) is 8.76. The molecule has 0 saturated carbocycles. The van der Waals surface area contributed by atoms with E-state index in [4.69, 9.17) is 4.74 Å². The van der Waals surface area contributed by atoms with Crippen LogP contribution in [0.2, 0.25) is 0 Å². The molecular weight excluding hydrogens is 399 g/mol. The van der Waals surface area contributed by atoms with Gasteiger partial charge in [0.25, 0.3) is 0 Å². The molecule has 28 heavy (non-hydrogen) atoms. The Bertz CT molecular complexity index is 776. The summed E-state index contributed by atoms with van der Waals surface area (Å²) in [5, 5.41) is 9.21. The fourth-order valence-corrected chi connectivity index (χ4v) is 3.30. The molecule has 1 aliphatic rings.